The smallest absolute Gasteiger partial charge is 0.295 e. The Morgan fingerprint density at radius 2 is 0.900 bits per heavy atom. The first-order chi connectivity index (χ1) is 18.7. The van der Waals surface area contributed by atoms with Crippen LogP contribution in [-0.2, 0) is 20.2 Å². The summed E-state index contributed by atoms with van der Waals surface area (Å²) in [6.07, 6.45) is 2.47. The minimum absolute atomic E-state index is 0.0106. The molecule has 0 aliphatic carbocycles. The summed E-state index contributed by atoms with van der Waals surface area (Å²) < 4.78 is 68.1. The van der Waals surface area contributed by atoms with E-state index in [1.54, 1.807) is 0 Å². The highest BCUT2D eigenvalue weighted by atomic mass is 35.5. The van der Waals surface area contributed by atoms with Crippen molar-refractivity contribution in [2.45, 2.75) is 9.79 Å². The van der Waals surface area contributed by atoms with E-state index in [0.29, 0.717) is 0 Å². The van der Waals surface area contributed by atoms with Crippen LogP contribution < -0.4 is 10.6 Å². The van der Waals surface area contributed by atoms with Crippen LogP contribution in [0.4, 0.5) is 23.3 Å². The third-order valence-corrected chi connectivity index (χ3v) is 7.46. The standard InChI is InChI=1S/C22H14Cl4N6O6S2/c23-17-9-18(24)30-21(29-17)27-13-5-3-11(15(7-13)39(33,34)35)1-2-12-4-6-14(8-16(12)40(36,37)38)28-22-31-19(25)10-20(26)32-22/h1-10H,(H,27,29,30)(H,28,31,32)(H,33,34,35)(H,36,37,38)/b2-1+. The minimum atomic E-state index is -4.75. The van der Waals surface area contributed by atoms with Crippen molar-refractivity contribution in [3.63, 3.8) is 0 Å². The SMILES string of the molecule is O=S(=O)(O)c1cc(Nc2nc(Cl)cc(Cl)n2)ccc1/C=C/c1ccc(Nc2nc(Cl)cc(Cl)n2)cc1S(=O)(=O)O. The second-order valence-corrected chi connectivity index (χ2v) is 12.0. The lowest BCUT2D eigenvalue weighted by Crippen LogP contribution is -2.04. The zero-order chi connectivity index (χ0) is 29.2. The van der Waals surface area contributed by atoms with Crippen LogP contribution in [0.1, 0.15) is 11.1 Å². The highest BCUT2D eigenvalue weighted by Crippen LogP contribution is 2.28. The Bertz CT molecular complexity index is 1700. The van der Waals surface area contributed by atoms with Crippen molar-refractivity contribution in [2.75, 3.05) is 10.6 Å². The molecule has 0 radical (unpaired) electrons. The number of benzene rings is 2. The molecule has 0 unspecified atom stereocenters. The second-order valence-electron chi connectivity index (χ2n) is 7.71. The third-order valence-electron chi connectivity index (χ3n) is 4.86. The van der Waals surface area contributed by atoms with Crippen LogP contribution in [0.5, 0.6) is 0 Å². The number of hydrogen-bond acceptors (Lipinski definition) is 10. The average molecular weight is 664 g/mol. The van der Waals surface area contributed by atoms with Gasteiger partial charge in [0.05, 0.1) is 0 Å². The number of anilines is 4. The highest BCUT2D eigenvalue weighted by molar-refractivity contribution is 7.86. The van der Waals surface area contributed by atoms with Gasteiger partial charge in [-0.3, -0.25) is 9.11 Å². The van der Waals surface area contributed by atoms with Crippen molar-refractivity contribution in [2.24, 2.45) is 0 Å². The van der Waals surface area contributed by atoms with Gasteiger partial charge in [0, 0.05) is 23.5 Å². The quantitative estimate of drug-likeness (QED) is 0.0976. The van der Waals surface area contributed by atoms with Gasteiger partial charge in [0.1, 0.15) is 30.4 Å². The second kappa shape index (κ2) is 11.8. The number of rotatable bonds is 8. The fourth-order valence-electron chi connectivity index (χ4n) is 3.28. The van der Waals surface area contributed by atoms with Gasteiger partial charge in [-0.1, -0.05) is 70.7 Å². The Labute approximate surface area is 247 Å². The minimum Gasteiger partial charge on any atom is -0.324 e. The fraction of sp³-hybridized carbons (Fsp3) is 0. The van der Waals surface area contributed by atoms with Crippen molar-refractivity contribution >= 4 is 102 Å². The Kier molecular flexibility index (Phi) is 8.82. The Balaban J connectivity index is 1.69. The van der Waals surface area contributed by atoms with Crippen molar-refractivity contribution in [3.05, 3.63) is 80.3 Å². The van der Waals surface area contributed by atoms with Crippen molar-refractivity contribution in [1.29, 1.82) is 0 Å². The lowest BCUT2D eigenvalue weighted by atomic mass is 10.1. The number of nitrogens with one attached hydrogen (secondary N) is 2. The first-order valence-corrected chi connectivity index (χ1v) is 14.9. The van der Waals surface area contributed by atoms with Crippen LogP contribution in [0.25, 0.3) is 12.2 Å². The van der Waals surface area contributed by atoms with E-state index in [9.17, 15) is 25.9 Å². The van der Waals surface area contributed by atoms with Crippen LogP contribution in [0, 0.1) is 0 Å². The summed E-state index contributed by atoms with van der Waals surface area (Å²) in [5.74, 6) is -0.0574. The molecule has 0 saturated carbocycles. The average Bonchev–Trinajstić information content (AvgIpc) is 2.81. The molecule has 4 N–H and O–H groups in total. The van der Waals surface area contributed by atoms with Gasteiger partial charge < -0.3 is 10.6 Å². The summed E-state index contributed by atoms with van der Waals surface area (Å²) in [6, 6.07) is 10.3. The van der Waals surface area contributed by atoms with Crippen molar-refractivity contribution < 1.29 is 25.9 Å². The summed E-state index contributed by atoms with van der Waals surface area (Å²) in [6.45, 7) is 0. The number of aromatic nitrogens is 4. The summed E-state index contributed by atoms with van der Waals surface area (Å²) in [5.41, 5.74) is 0.313. The first kappa shape index (κ1) is 29.9. The molecule has 0 bridgehead atoms. The van der Waals surface area contributed by atoms with Crippen LogP contribution in [0.15, 0.2) is 58.3 Å². The molecule has 0 saturated heterocycles. The Morgan fingerprint density at radius 3 is 1.20 bits per heavy atom. The van der Waals surface area contributed by atoms with E-state index in [1.165, 1.54) is 48.6 Å². The van der Waals surface area contributed by atoms with Gasteiger partial charge in [0.25, 0.3) is 20.2 Å². The van der Waals surface area contributed by atoms with E-state index in [4.69, 9.17) is 46.4 Å². The topological polar surface area (TPSA) is 184 Å². The van der Waals surface area contributed by atoms with E-state index < -0.39 is 30.0 Å². The molecule has 0 atom stereocenters. The highest BCUT2D eigenvalue weighted by Gasteiger charge is 2.18. The van der Waals surface area contributed by atoms with E-state index in [2.05, 4.69) is 30.6 Å². The van der Waals surface area contributed by atoms with Crippen LogP contribution in [-0.4, -0.2) is 45.9 Å². The molecule has 0 amide bonds. The molecule has 4 aromatic rings. The van der Waals surface area contributed by atoms with Gasteiger partial charge in [-0.15, -0.1) is 0 Å². The molecule has 2 aromatic heterocycles. The van der Waals surface area contributed by atoms with Gasteiger partial charge >= 0.3 is 0 Å². The largest absolute Gasteiger partial charge is 0.324 e. The lowest BCUT2D eigenvalue weighted by Gasteiger charge is -2.10. The van der Waals surface area contributed by atoms with Crippen molar-refractivity contribution in [1.82, 2.24) is 19.9 Å². The molecule has 0 aliphatic rings. The van der Waals surface area contributed by atoms with E-state index in [0.717, 1.165) is 12.1 Å². The number of nitrogens with zero attached hydrogens (tertiary/aromatic N) is 4. The molecule has 12 nitrogen and oxygen atoms in total. The molecule has 0 fully saturated rings. The molecule has 2 heterocycles. The number of hydrogen-bond donors (Lipinski definition) is 4. The van der Waals surface area contributed by atoms with Crippen molar-refractivity contribution in [3.8, 4) is 0 Å². The Hall–Kier alpha value is -3.08. The predicted molar refractivity (Wildman–Crippen MR) is 152 cm³/mol. The summed E-state index contributed by atoms with van der Waals surface area (Å²) >= 11 is 23.4. The maximum Gasteiger partial charge on any atom is 0.295 e. The summed E-state index contributed by atoms with van der Waals surface area (Å²) in [4.78, 5) is 14.6. The van der Waals surface area contributed by atoms with Crippen LogP contribution in [0.3, 0.4) is 0 Å². The van der Waals surface area contributed by atoms with E-state index >= 15 is 0 Å². The predicted octanol–water partition coefficient (Wildman–Crippen LogP) is 6.03. The number of halogens is 4. The molecule has 0 spiro atoms. The van der Waals surface area contributed by atoms with E-state index in [-0.39, 0.29) is 55.0 Å². The van der Waals surface area contributed by atoms with Gasteiger partial charge in [-0.05, 0) is 35.4 Å². The summed E-state index contributed by atoms with van der Waals surface area (Å²) in [5, 5.41) is 5.60. The lowest BCUT2D eigenvalue weighted by molar-refractivity contribution is 0.480. The normalized spacial score (nSPS) is 12.1. The van der Waals surface area contributed by atoms with Crippen LogP contribution in [0.2, 0.25) is 20.6 Å². The van der Waals surface area contributed by atoms with Gasteiger partial charge in [-0.25, -0.2) is 19.9 Å². The molecule has 4 rings (SSSR count). The molecule has 40 heavy (non-hydrogen) atoms. The molecule has 2 aromatic carbocycles. The monoisotopic (exact) mass is 662 g/mol. The van der Waals surface area contributed by atoms with Crippen LogP contribution >= 0.6 is 46.4 Å². The molecule has 0 aliphatic heterocycles. The molecule has 208 valence electrons. The maximum absolute atomic E-state index is 12.1. The fourth-order valence-corrected chi connectivity index (χ4v) is 5.54. The van der Waals surface area contributed by atoms with Gasteiger partial charge in [-0.2, -0.15) is 16.8 Å². The van der Waals surface area contributed by atoms with E-state index in [1.807, 2.05) is 0 Å². The first-order valence-electron chi connectivity index (χ1n) is 10.5. The summed E-state index contributed by atoms with van der Waals surface area (Å²) in [7, 11) is -9.51. The van der Waals surface area contributed by atoms with Gasteiger partial charge in [0.15, 0.2) is 0 Å². The molecular formula is C22H14Cl4N6O6S2. The maximum atomic E-state index is 12.1. The molecule has 18 heteroatoms. The third kappa shape index (κ3) is 7.77. The zero-order valence-corrected chi connectivity index (χ0v) is 24.1. The molecular weight excluding hydrogens is 650 g/mol. The Morgan fingerprint density at radius 1 is 0.575 bits per heavy atom. The van der Waals surface area contributed by atoms with Gasteiger partial charge in [0.2, 0.25) is 11.9 Å². The zero-order valence-electron chi connectivity index (χ0n) is 19.4.